The molecule has 0 aromatic heterocycles. The van der Waals surface area contributed by atoms with Crippen LogP contribution in [0, 0.1) is 0 Å². The third kappa shape index (κ3) is 6.59. The van der Waals surface area contributed by atoms with Gasteiger partial charge in [-0.15, -0.1) is 0 Å². The Labute approximate surface area is 194 Å². The van der Waals surface area contributed by atoms with Crippen molar-refractivity contribution in [2.45, 2.75) is 38.9 Å². The van der Waals surface area contributed by atoms with E-state index in [4.69, 9.17) is 23.2 Å². The van der Waals surface area contributed by atoms with Crippen molar-refractivity contribution in [3.05, 3.63) is 63.6 Å². The lowest BCUT2D eigenvalue weighted by molar-refractivity contribution is -0.122. The SMILES string of the molecule is C[C@H](C(=O)NCc1cccc(CN2CCCC2)c1)N(c1cc(Cl)cc(Cl)c1)S(C)(=O)=O. The van der Waals surface area contributed by atoms with E-state index in [1.807, 2.05) is 12.1 Å². The van der Waals surface area contributed by atoms with Gasteiger partial charge in [-0.25, -0.2) is 8.42 Å². The second kappa shape index (κ2) is 10.2. The summed E-state index contributed by atoms with van der Waals surface area (Å²) < 4.78 is 25.9. The summed E-state index contributed by atoms with van der Waals surface area (Å²) in [4.78, 5) is 15.2. The van der Waals surface area contributed by atoms with Gasteiger partial charge in [0.25, 0.3) is 0 Å². The van der Waals surface area contributed by atoms with E-state index in [1.54, 1.807) is 0 Å². The topological polar surface area (TPSA) is 69.7 Å². The van der Waals surface area contributed by atoms with Crippen LogP contribution < -0.4 is 9.62 Å². The number of halogens is 2. The Morgan fingerprint density at radius 1 is 1.10 bits per heavy atom. The first-order valence-corrected chi connectivity index (χ1v) is 12.8. The molecule has 0 bridgehead atoms. The minimum atomic E-state index is -3.75. The van der Waals surface area contributed by atoms with Gasteiger partial charge in [0.1, 0.15) is 6.04 Å². The summed E-state index contributed by atoms with van der Waals surface area (Å²) in [5.74, 6) is -0.411. The summed E-state index contributed by atoms with van der Waals surface area (Å²) in [6.45, 7) is 4.98. The van der Waals surface area contributed by atoms with Crippen LogP contribution in [-0.4, -0.2) is 44.6 Å². The van der Waals surface area contributed by atoms with E-state index in [0.29, 0.717) is 16.6 Å². The number of hydrogen-bond acceptors (Lipinski definition) is 4. The molecule has 1 atom stereocenters. The molecule has 0 saturated carbocycles. The van der Waals surface area contributed by atoms with Gasteiger partial charge in [-0.3, -0.25) is 14.0 Å². The first-order chi connectivity index (χ1) is 14.6. The molecule has 3 rings (SSSR count). The maximum Gasteiger partial charge on any atom is 0.243 e. The quantitative estimate of drug-likeness (QED) is 0.614. The Morgan fingerprint density at radius 2 is 1.71 bits per heavy atom. The van der Waals surface area contributed by atoms with Crippen LogP contribution >= 0.6 is 23.2 Å². The van der Waals surface area contributed by atoms with Crippen molar-refractivity contribution in [1.29, 1.82) is 0 Å². The molecule has 6 nitrogen and oxygen atoms in total. The molecule has 0 spiro atoms. The molecular formula is C22H27Cl2N3O3S. The lowest BCUT2D eigenvalue weighted by Crippen LogP contribution is -2.47. The lowest BCUT2D eigenvalue weighted by atomic mass is 10.1. The van der Waals surface area contributed by atoms with E-state index in [9.17, 15) is 13.2 Å². The van der Waals surface area contributed by atoms with Gasteiger partial charge in [0.05, 0.1) is 11.9 Å². The Balaban J connectivity index is 1.69. The Kier molecular flexibility index (Phi) is 7.86. The van der Waals surface area contributed by atoms with E-state index in [2.05, 4.69) is 22.3 Å². The number of carbonyl (C=O) groups is 1. The Bertz CT molecular complexity index is 1020. The van der Waals surface area contributed by atoms with Gasteiger partial charge in [-0.1, -0.05) is 47.5 Å². The fourth-order valence-corrected chi connectivity index (χ4v) is 5.52. The number of anilines is 1. The van der Waals surface area contributed by atoms with Gasteiger partial charge >= 0.3 is 0 Å². The number of nitrogens with one attached hydrogen (secondary N) is 1. The first kappa shape index (κ1) is 23.9. The fourth-order valence-electron chi connectivity index (χ4n) is 3.85. The van der Waals surface area contributed by atoms with E-state index in [1.165, 1.54) is 43.5 Å². The molecule has 1 amide bonds. The summed E-state index contributed by atoms with van der Waals surface area (Å²) in [5.41, 5.74) is 2.41. The van der Waals surface area contributed by atoms with E-state index in [-0.39, 0.29) is 5.69 Å². The number of nitrogens with zero attached hydrogens (tertiary/aromatic N) is 2. The maximum atomic E-state index is 12.8. The van der Waals surface area contributed by atoms with Crippen molar-refractivity contribution in [2.24, 2.45) is 0 Å². The highest BCUT2D eigenvalue weighted by Crippen LogP contribution is 2.28. The molecule has 0 unspecified atom stereocenters. The lowest BCUT2D eigenvalue weighted by Gasteiger charge is -2.28. The Hall–Kier alpha value is -1.80. The summed E-state index contributed by atoms with van der Waals surface area (Å²) in [7, 11) is -3.75. The number of hydrogen-bond donors (Lipinski definition) is 1. The van der Waals surface area contributed by atoms with Crippen molar-refractivity contribution in [1.82, 2.24) is 10.2 Å². The summed E-state index contributed by atoms with van der Waals surface area (Å²) in [6.07, 6.45) is 3.53. The standard InChI is InChI=1S/C22H27Cl2N3O3S/c1-16(27(31(2,29)30)21-12-19(23)11-20(24)13-21)22(28)25-14-17-6-5-7-18(10-17)15-26-8-3-4-9-26/h5-7,10-13,16H,3-4,8-9,14-15H2,1-2H3,(H,25,28)/t16-/m1/s1. The van der Waals surface area contributed by atoms with Gasteiger partial charge in [0.15, 0.2) is 0 Å². The van der Waals surface area contributed by atoms with Crippen LogP contribution in [0.3, 0.4) is 0 Å². The van der Waals surface area contributed by atoms with Crippen LogP contribution in [0.25, 0.3) is 0 Å². The molecule has 1 N–H and O–H groups in total. The molecule has 31 heavy (non-hydrogen) atoms. The third-order valence-electron chi connectivity index (χ3n) is 5.25. The molecule has 0 aliphatic carbocycles. The molecule has 9 heteroatoms. The number of carbonyl (C=O) groups excluding carboxylic acids is 1. The van der Waals surface area contributed by atoms with Gasteiger partial charge in [0, 0.05) is 23.1 Å². The molecule has 1 heterocycles. The van der Waals surface area contributed by atoms with Crippen LogP contribution in [0.5, 0.6) is 0 Å². The van der Waals surface area contributed by atoms with E-state index < -0.39 is 22.0 Å². The molecule has 1 fully saturated rings. The average Bonchev–Trinajstić information content (AvgIpc) is 3.17. The number of sulfonamides is 1. The molecular weight excluding hydrogens is 457 g/mol. The Morgan fingerprint density at radius 3 is 2.32 bits per heavy atom. The zero-order chi connectivity index (χ0) is 22.6. The van der Waals surface area contributed by atoms with Gasteiger partial charge in [-0.2, -0.15) is 0 Å². The maximum absolute atomic E-state index is 12.8. The summed E-state index contributed by atoms with van der Waals surface area (Å²) >= 11 is 12.1. The molecule has 0 radical (unpaired) electrons. The van der Waals surface area contributed by atoms with Crippen LogP contribution in [0.4, 0.5) is 5.69 Å². The second-order valence-corrected chi connectivity index (χ2v) is 10.6. The molecule has 168 valence electrons. The fraction of sp³-hybridized carbons (Fsp3) is 0.409. The van der Waals surface area contributed by atoms with Crippen LogP contribution in [0.15, 0.2) is 42.5 Å². The van der Waals surface area contributed by atoms with Gasteiger partial charge in [0.2, 0.25) is 15.9 Å². The van der Waals surface area contributed by atoms with Crippen LogP contribution in [-0.2, 0) is 27.9 Å². The summed E-state index contributed by atoms with van der Waals surface area (Å²) in [5, 5.41) is 3.43. The summed E-state index contributed by atoms with van der Waals surface area (Å²) in [6, 6.07) is 11.6. The second-order valence-electron chi connectivity index (χ2n) is 7.88. The monoisotopic (exact) mass is 483 g/mol. The third-order valence-corrected chi connectivity index (χ3v) is 6.93. The van der Waals surface area contributed by atoms with E-state index >= 15 is 0 Å². The van der Waals surface area contributed by atoms with Crippen LogP contribution in [0.2, 0.25) is 10.0 Å². The van der Waals surface area contributed by atoms with Crippen molar-refractivity contribution in [3.63, 3.8) is 0 Å². The highest BCUT2D eigenvalue weighted by molar-refractivity contribution is 7.92. The molecule has 2 aromatic rings. The highest BCUT2D eigenvalue weighted by Gasteiger charge is 2.29. The van der Waals surface area contributed by atoms with Crippen molar-refractivity contribution in [3.8, 4) is 0 Å². The highest BCUT2D eigenvalue weighted by atomic mass is 35.5. The van der Waals surface area contributed by atoms with E-state index in [0.717, 1.165) is 35.8 Å². The predicted molar refractivity (Wildman–Crippen MR) is 126 cm³/mol. The molecule has 1 aliphatic heterocycles. The first-order valence-electron chi connectivity index (χ1n) is 10.2. The van der Waals surface area contributed by atoms with Crippen molar-refractivity contribution >= 4 is 44.8 Å². The molecule has 1 aliphatic rings. The minimum Gasteiger partial charge on any atom is -0.350 e. The zero-order valence-corrected chi connectivity index (χ0v) is 20.0. The zero-order valence-electron chi connectivity index (χ0n) is 17.6. The smallest absolute Gasteiger partial charge is 0.243 e. The largest absolute Gasteiger partial charge is 0.350 e. The van der Waals surface area contributed by atoms with Crippen molar-refractivity contribution < 1.29 is 13.2 Å². The van der Waals surface area contributed by atoms with Crippen LogP contribution in [0.1, 0.15) is 30.9 Å². The number of amides is 1. The van der Waals surface area contributed by atoms with Gasteiger partial charge < -0.3 is 5.32 Å². The van der Waals surface area contributed by atoms with Gasteiger partial charge in [-0.05, 0) is 62.2 Å². The average molecular weight is 484 g/mol. The predicted octanol–water partition coefficient (Wildman–Crippen LogP) is 4.06. The van der Waals surface area contributed by atoms with Crippen molar-refractivity contribution in [2.75, 3.05) is 23.7 Å². The normalized spacial score (nSPS) is 15.6. The molecule has 1 saturated heterocycles. The number of benzene rings is 2. The minimum absolute atomic E-state index is 0.246. The number of rotatable bonds is 8. The number of likely N-dealkylation sites (tertiary alicyclic amines) is 1. The molecule has 2 aromatic carbocycles.